The van der Waals surface area contributed by atoms with Crippen LogP contribution in [0.25, 0.3) is 0 Å². The molecule has 0 unspecified atom stereocenters. The third-order valence-electron chi connectivity index (χ3n) is 3.59. The van der Waals surface area contributed by atoms with Crippen LogP contribution < -0.4 is 5.32 Å². The molecule has 1 aromatic carbocycles. The van der Waals surface area contributed by atoms with E-state index in [0.717, 1.165) is 11.4 Å². The molecule has 1 aliphatic carbocycles. The molecule has 0 saturated carbocycles. The fourth-order valence-corrected chi connectivity index (χ4v) is 2.54. The van der Waals surface area contributed by atoms with Crippen molar-refractivity contribution in [2.24, 2.45) is 0 Å². The Hall–Kier alpha value is -1.84. The molecular weight excluding hydrogens is 226 g/mol. The van der Waals surface area contributed by atoms with Gasteiger partial charge in [-0.15, -0.1) is 0 Å². The number of benzene rings is 1. The van der Waals surface area contributed by atoms with Gasteiger partial charge in [0.05, 0.1) is 6.54 Å². The maximum atomic E-state index is 4.71. The van der Waals surface area contributed by atoms with E-state index >= 15 is 0 Å². The lowest BCUT2D eigenvalue weighted by atomic mass is 9.90. The first-order valence-electron chi connectivity index (χ1n) is 6.47. The number of hydrogen-bond acceptors (Lipinski definition) is 4. The molecule has 0 fully saturated rings. The summed E-state index contributed by atoms with van der Waals surface area (Å²) < 4.78 is 4.71. The van der Waals surface area contributed by atoms with Gasteiger partial charge in [-0.25, -0.2) is 4.63 Å². The fourth-order valence-electron chi connectivity index (χ4n) is 2.54. The summed E-state index contributed by atoms with van der Waals surface area (Å²) in [5, 5.41) is 11.1. The molecule has 0 bridgehead atoms. The summed E-state index contributed by atoms with van der Waals surface area (Å²) in [6.07, 6.45) is 4.98. The summed E-state index contributed by atoms with van der Waals surface area (Å²) in [4.78, 5) is 0. The van der Waals surface area contributed by atoms with E-state index in [2.05, 4.69) is 33.8 Å². The largest absolute Gasteiger partial charge is 0.379 e. The molecule has 1 aliphatic rings. The van der Waals surface area contributed by atoms with Crippen molar-refractivity contribution >= 4 is 5.69 Å². The van der Waals surface area contributed by atoms with Gasteiger partial charge >= 0.3 is 0 Å². The Morgan fingerprint density at radius 2 is 2.11 bits per heavy atom. The number of aryl methyl sites for hydroxylation is 2. The lowest BCUT2D eigenvalue weighted by Gasteiger charge is -2.19. The van der Waals surface area contributed by atoms with E-state index in [-0.39, 0.29) is 0 Å². The van der Waals surface area contributed by atoms with E-state index < -0.39 is 0 Å². The molecule has 3 rings (SSSR count). The first-order chi connectivity index (χ1) is 8.84. The standard InChI is InChI=1S/C14H17N3O/c1-10-14(17-18-16-10)9-15-13-8-4-6-11-5-2-3-7-12(11)13/h4,6,8,15H,2-3,5,7,9H2,1H3. The van der Waals surface area contributed by atoms with E-state index in [4.69, 9.17) is 4.63 Å². The minimum atomic E-state index is 0.672. The predicted molar refractivity (Wildman–Crippen MR) is 69.4 cm³/mol. The topological polar surface area (TPSA) is 51.0 Å². The Bertz CT molecular complexity index is 548. The smallest absolute Gasteiger partial charge is 0.127 e. The molecule has 0 amide bonds. The molecule has 2 aromatic rings. The predicted octanol–water partition coefficient (Wildman–Crippen LogP) is 2.87. The van der Waals surface area contributed by atoms with E-state index in [9.17, 15) is 0 Å². The van der Waals surface area contributed by atoms with Gasteiger partial charge in [0.25, 0.3) is 0 Å². The normalized spacial score (nSPS) is 14.3. The summed E-state index contributed by atoms with van der Waals surface area (Å²) in [5.41, 5.74) is 5.92. The summed E-state index contributed by atoms with van der Waals surface area (Å²) in [7, 11) is 0. The number of hydrogen-bond donors (Lipinski definition) is 1. The SMILES string of the molecule is Cc1nonc1CNc1cccc2c1CCCC2. The maximum Gasteiger partial charge on any atom is 0.127 e. The van der Waals surface area contributed by atoms with Crippen LogP contribution in [0.5, 0.6) is 0 Å². The molecule has 1 aromatic heterocycles. The molecule has 1 heterocycles. The van der Waals surface area contributed by atoms with Crippen molar-refractivity contribution in [2.75, 3.05) is 5.32 Å². The highest BCUT2D eigenvalue weighted by molar-refractivity contribution is 5.55. The van der Waals surface area contributed by atoms with Gasteiger partial charge in [0.1, 0.15) is 11.4 Å². The molecule has 94 valence electrons. The Kier molecular flexibility index (Phi) is 3.00. The quantitative estimate of drug-likeness (QED) is 0.900. The lowest BCUT2D eigenvalue weighted by Crippen LogP contribution is -2.09. The molecule has 0 aliphatic heterocycles. The van der Waals surface area contributed by atoms with Crippen LogP contribution in [0.4, 0.5) is 5.69 Å². The zero-order valence-electron chi connectivity index (χ0n) is 10.6. The zero-order chi connectivity index (χ0) is 12.4. The van der Waals surface area contributed by atoms with Crippen molar-refractivity contribution in [3.05, 3.63) is 40.7 Å². The van der Waals surface area contributed by atoms with Gasteiger partial charge in [-0.3, -0.25) is 0 Å². The molecule has 0 saturated heterocycles. The van der Waals surface area contributed by atoms with E-state index in [1.807, 2.05) is 6.92 Å². The molecular formula is C14H17N3O. The van der Waals surface area contributed by atoms with Gasteiger partial charge < -0.3 is 5.32 Å². The third kappa shape index (κ3) is 2.10. The Morgan fingerprint density at radius 1 is 1.22 bits per heavy atom. The van der Waals surface area contributed by atoms with Crippen LogP contribution in [0.2, 0.25) is 0 Å². The highest BCUT2D eigenvalue weighted by Crippen LogP contribution is 2.28. The van der Waals surface area contributed by atoms with Crippen molar-refractivity contribution in [2.45, 2.75) is 39.2 Å². The maximum absolute atomic E-state index is 4.71. The highest BCUT2D eigenvalue weighted by Gasteiger charge is 2.13. The third-order valence-corrected chi connectivity index (χ3v) is 3.59. The second-order valence-corrected chi connectivity index (χ2v) is 4.80. The van der Waals surface area contributed by atoms with Crippen LogP contribution in [-0.2, 0) is 19.4 Å². The second-order valence-electron chi connectivity index (χ2n) is 4.80. The van der Waals surface area contributed by atoms with Crippen LogP contribution in [-0.4, -0.2) is 10.3 Å². The number of anilines is 1. The van der Waals surface area contributed by atoms with Crippen molar-refractivity contribution in [3.63, 3.8) is 0 Å². The average Bonchev–Trinajstić information content (AvgIpc) is 2.82. The summed E-state index contributed by atoms with van der Waals surface area (Å²) in [5.74, 6) is 0. The second kappa shape index (κ2) is 4.80. The summed E-state index contributed by atoms with van der Waals surface area (Å²) in [6, 6.07) is 6.51. The monoisotopic (exact) mass is 243 g/mol. The summed E-state index contributed by atoms with van der Waals surface area (Å²) >= 11 is 0. The van der Waals surface area contributed by atoms with Crippen LogP contribution in [0.15, 0.2) is 22.8 Å². The number of rotatable bonds is 3. The van der Waals surface area contributed by atoms with Crippen LogP contribution in [0, 0.1) is 6.92 Å². The summed E-state index contributed by atoms with van der Waals surface area (Å²) in [6.45, 7) is 2.58. The van der Waals surface area contributed by atoms with Gasteiger partial charge in [-0.05, 0) is 49.8 Å². The van der Waals surface area contributed by atoms with Gasteiger partial charge in [-0.1, -0.05) is 22.4 Å². The minimum Gasteiger partial charge on any atom is -0.379 e. The van der Waals surface area contributed by atoms with Crippen molar-refractivity contribution in [1.29, 1.82) is 0 Å². The number of fused-ring (bicyclic) bond motifs is 1. The molecule has 0 radical (unpaired) electrons. The van der Waals surface area contributed by atoms with Gasteiger partial charge in [-0.2, -0.15) is 0 Å². The lowest BCUT2D eigenvalue weighted by molar-refractivity contribution is 0.301. The molecule has 0 atom stereocenters. The number of aromatic nitrogens is 2. The van der Waals surface area contributed by atoms with E-state index in [1.54, 1.807) is 0 Å². The molecule has 0 spiro atoms. The van der Waals surface area contributed by atoms with Crippen LogP contribution >= 0.6 is 0 Å². The Labute approximate surface area is 106 Å². The molecule has 18 heavy (non-hydrogen) atoms. The van der Waals surface area contributed by atoms with Crippen molar-refractivity contribution in [3.8, 4) is 0 Å². The zero-order valence-corrected chi connectivity index (χ0v) is 10.6. The fraction of sp³-hybridized carbons (Fsp3) is 0.429. The Morgan fingerprint density at radius 3 is 2.94 bits per heavy atom. The van der Waals surface area contributed by atoms with Gasteiger partial charge in [0, 0.05) is 5.69 Å². The number of nitrogens with one attached hydrogen (secondary N) is 1. The highest BCUT2D eigenvalue weighted by atomic mass is 16.6. The van der Waals surface area contributed by atoms with E-state index in [1.165, 1.54) is 42.5 Å². The van der Waals surface area contributed by atoms with Crippen molar-refractivity contribution < 1.29 is 4.63 Å². The molecule has 4 nitrogen and oxygen atoms in total. The molecule has 1 N–H and O–H groups in total. The van der Waals surface area contributed by atoms with Gasteiger partial charge in [0.2, 0.25) is 0 Å². The van der Waals surface area contributed by atoms with E-state index in [0.29, 0.717) is 6.54 Å². The van der Waals surface area contributed by atoms with Gasteiger partial charge in [0.15, 0.2) is 0 Å². The average molecular weight is 243 g/mol. The first kappa shape index (κ1) is 11.3. The first-order valence-corrected chi connectivity index (χ1v) is 6.47. The molecule has 4 heteroatoms. The Balaban J connectivity index is 1.79. The number of nitrogens with zero attached hydrogens (tertiary/aromatic N) is 2. The van der Waals surface area contributed by atoms with Crippen molar-refractivity contribution in [1.82, 2.24) is 10.3 Å². The minimum absolute atomic E-state index is 0.672. The van der Waals surface area contributed by atoms with Crippen LogP contribution in [0.1, 0.15) is 35.4 Å². The van der Waals surface area contributed by atoms with Crippen LogP contribution in [0.3, 0.4) is 0 Å².